The summed E-state index contributed by atoms with van der Waals surface area (Å²) in [6, 6.07) is 21.6. The summed E-state index contributed by atoms with van der Waals surface area (Å²) < 4.78 is 5.00. The Kier molecular flexibility index (Phi) is 7.80. The molecule has 1 unspecified atom stereocenters. The third-order valence-corrected chi connectivity index (χ3v) is 6.34. The van der Waals surface area contributed by atoms with Crippen LogP contribution in [0.3, 0.4) is 0 Å². The molecule has 3 aromatic carbocycles. The minimum Gasteiger partial charge on any atom is -0.462 e. The van der Waals surface area contributed by atoms with Crippen LogP contribution >= 0.6 is 0 Å². The molecule has 1 heterocycles. The van der Waals surface area contributed by atoms with Crippen LogP contribution in [0, 0.1) is 0 Å². The number of rotatable bonds is 6. The molecule has 36 heavy (non-hydrogen) atoms. The van der Waals surface area contributed by atoms with Gasteiger partial charge in [0.25, 0.3) is 11.8 Å². The Labute approximate surface area is 211 Å². The van der Waals surface area contributed by atoms with Gasteiger partial charge < -0.3 is 19.9 Å². The van der Waals surface area contributed by atoms with Crippen LogP contribution in [-0.2, 0) is 4.74 Å². The van der Waals surface area contributed by atoms with E-state index in [4.69, 9.17) is 4.74 Å². The van der Waals surface area contributed by atoms with Crippen LogP contribution in [0.2, 0.25) is 0 Å². The lowest BCUT2D eigenvalue weighted by atomic mass is 10.0. The number of esters is 1. The Bertz CT molecular complexity index is 1250. The highest BCUT2D eigenvalue weighted by Gasteiger charge is 2.27. The summed E-state index contributed by atoms with van der Waals surface area (Å²) in [5, 5.41) is 2.82. The molecule has 0 aromatic heterocycles. The molecule has 1 N–H and O–H groups in total. The summed E-state index contributed by atoms with van der Waals surface area (Å²) in [5.74, 6) is -0.889. The molecule has 0 fully saturated rings. The van der Waals surface area contributed by atoms with Gasteiger partial charge in [-0.15, -0.1) is 0 Å². The van der Waals surface area contributed by atoms with E-state index in [1.807, 2.05) is 23.1 Å². The normalized spacial score (nSPS) is 15.1. The van der Waals surface area contributed by atoms with E-state index in [1.165, 1.54) is 6.07 Å². The minimum atomic E-state index is -0.470. The van der Waals surface area contributed by atoms with Gasteiger partial charge in [-0.1, -0.05) is 24.3 Å². The van der Waals surface area contributed by atoms with Crippen molar-refractivity contribution in [2.75, 3.05) is 37.5 Å². The number of para-hydroxylation sites is 1. The Morgan fingerprint density at radius 2 is 1.67 bits per heavy atom. The molecule has 0 spiro atoms. The lowest BCUT2D eigenvalue weighted by Gasteiger charge is -2.27. The standard InChI is InChI=1S/C29H31N3O4/c1-4-36-29(35)22-10-7-9-21(19-22)27(33)30-23-16-14-20(15-17-23)28(34)32-18-8-13-25(31(2)3)24-11-5-6-12-26(24)32/h5-7,9-12,14-17,19,25H,4,8,13,18H2,1-3H3,(H,30,33). The number of benzene rings is 3. The molecule has 0 saturated carbocycles. The van der Waals surface area contributed by atoms with Crippen molar-refractivity contribution in [2.45, 2.75) is 25.8 Å². The Morgan fingerprint density at radius 3 is 2.39 bits per heavy atom. The second-order valence-electron chi connectivity index (χ2n) is 8.97. The molecule has 3 aromatic rings. The quantitative estimate of drug-likeness (QED) is 0.488. The summed E-state index contributed by atoms with van der Waals surface area (Å²) in [6.45, 7) is 2.64. The van der Waals surface area contributed by atoms with Gasteiger partial charge in [-0.25, -0.2) is 4.79 Å². The van der Waals surface area contributed by atoms with E-state index in [0.717, 1.165) is 24.1 Å². The van der Waals surface area contributed by atoms with Crippen molar-refractivity contribution in [2.24, 2.45) is 0 Å². The fraction of sp³-hybridized carbons (Fsp3) is 0.276. The highest BCUT2D eigenvalue weighted by Crippen LogP contribution is 2.36. The van der Waals surface area contributed by atoms with Crippen LogP contribution in [0.25, 0.3) is 0 Å². The number of anilines is 2. The van der Waals surface area contributed by atoms with Crippen LogP contribution in [0.4, 0.5) is 11.4 Å². The topological polar surface area (TPSA) is 78.9 Å². The van der Waals surface area contributed by atoms with Crippen molar-refractivity contribution in [3.05, 3.63) is 95.1 Å². The number of fused-ring (bicyclic) bond motifs is 1. The van der Waals surface area contributed by atoms with E-state index in [0.29, 0.717) is 28.9 Å². The Morgan fingerprint density at radius 1 is 0.944 bits per heavy atom. The Balaban J connectivity index is 1.49. The number of carbonyl (C=O) groups is 3. The van der Waals surface area contributed by atoms with Gasteiger partial charge in [0.05, 0.1) is 12.2 Å². The number of hydrogen-bond acceptors (Lipinski definition) is 5. The van der Waals surface area contributed by atoms with Crippen LogP contribution in [-0.4, -0.2) is 49.9 Å². The maximum atomic E-state index is 13.5. The third-order valence-electron chi connectivity index (χ3n) is 6.34. The molecule has 0 radical (unpaired) electrons. The summed E-state index contributed by atoms with van der Waals surface area (Å²) >= 11 is 0. The van der Waals surface area contributed by atoms with Crippen LogP contribution in [0.5, 0.6) is 0 Å². The first-order chi connectivity index (χ1) is 17.4. The lowest BCUT2D eigenvalue weighted by molar-refractivity contribution is 0.0526. The molecule has 4 rings (SSSR count). The average Bonchev–Trinajstić information content (AvgIpc) is 3.09. The summed E-state index contributed by atoms with van der Waals surface area (Å²) in [4.78, 5) is 42.2. The first-order valence-electron chi connectivity index (χ1n) is 12.1. The van der Waals surface area contributed by atoms with Crippen LogP contribution in [0.1, 0.15) is 62.4 Å². The second kappa shape index (κ2) is 11.2. The number of nitrogens with zero attached hydrogens (tertiary/aromatic N) is 2. The lowest BCUT2D eigenvalue weighted by Crippen LogP contribution is -2.31. The van der Waals surface area contributed by atoms with Crippen molar-refractivity contribution in [1.29, 1.82) is 0 Å². The largest absolute Gasteiger partial charge is 0.462 e. The van der Waals surface area contributed by atoms with Crippen molar-refractivity contribution in [3.8, 4) is 0 Å². The molecule has 186 valence electrons. The van der Waals surface area contributed by atoms with E-state index >= 15 is 0 Å². The molecular formula is C29H31N3O4. The van der Waals surface area contributed by atoms with Crippen molar-refractivity contribution < 1.29 is 19.1 Å². The van der Waals surface area contributed by atoms with E-state index in [1.54, 1.807) is 49.4 Å². The second-order valence-corrected chi connectivity index (χ2v) is 8.97. The van der Waals surface area contributed by atoms with Crippen LogP contribution in [0.15, 0.2) is 72.8 Å². The number of ether oxygens (including phenoxy) is 1. The molecule has 2 amide bonds. The van der Waals surface area contributed by atoms with Gasteiger partial charge in [0.1, 0.15) is 0 Å². The molecule has 1 aliphatic heterocycles. The average molecular weight is 486 g/mol. The van der Waals surface area contributed by atoms with Crippen molar-refractivity contribution in [1.82, 2.24) is 4.90 Å². The summed E-state index contributed by atoms with van der Waals surface area (Å²) in [5.41, 5.74) is 3.87. The van der Waals surface area contributed by atoms with E-state index in [-0.39, 0.29) is 24.5 Å². The van der Waals surface area contributed by atoms with Gasteiger partial charge in [0, 0.05) is 35.1 Å². The zero-order chi connectivity index (χ0) is 25.7. The predicted molar refractivity (Wildman–Crippen MR) is 141 cm³/mol. The van der Waals surface area contributed by atoms with E-state index in [9.17, 15) is 14.4 Å². The van der Waals surface area contributed by atoms with Gasteiger partial charge in [-0.05, 0) is 88.0 Å². The number of carbonyl (C=O) groups excluding carboxylic acids is 3. The monoisotopic (exact) mass is 485 g/mol. The highest BCUT2D eigenvalue weighted by atomic mass is 16.5. The maximum Gasteiger partial charge on any atom is 0.338 e. The first-order valence-corrected chi connectivity index (χ1v) is 12.1. The fourth-order valence-electron chi connectivity index (χ4n) is 4.54. The van der Waals surface area contributed by atoms with Crippen molar-refractivity contribution >= 4 is 29.2 Å². The fourth-order valence-corrected chi connectivity index (χ4v) is 4.54. The molecule has 7 nitrogen and oxygen atoms in total. The Hall–Kier alpha value is -3.97. The van der Waals surface area contributed by atoms with Gasteiger partial charge >= 0.3 is 5.97 Å². The summed E-state index contributed by atoms with van der Waals surface area (Å²) in [7, 11) is 4.14. The maximum absolute atomic E-state index is 13.5. The zero-order valence-corrected chi connectivity index (χ0v) is 20.9. The molecule has 1 aliphatic rings. The minimum absolute atomic E-state index is 0.0677. The molecule has 0 bridgehead atoms. The molecule has 1 atom stereocenters. The number of hydrogen-bond donors (Lipinski definition) is 1. The molecule has 0 aliphatic carbocycles. The molecular weight excluding hydrogens is 454 g/mol. The third kappa shape index (κ3) is 5.47. The smallest absolute Gasteiger partial charge is 0.338 e. The number of amides is 2. The molecule has 0 saturated heterocycles. The highest BCUT2D eigenvalue weighted by molar-refractivity contribution is 6.08. The van der Waals surface area contributed by atoms with Gasteiger partial charge in [-0.3, -0.25) is 9.59 Å². The first kappa shape index (κ1) is 25.1. The van der Waals surface area contributed by atoms with Gasteiger partial charge in [0.15, 0.2) is 0 Å². The predicted octanol–water partition coefficient (Wildman–Crippen LogP) is 5.16. The van der Waals surface area contributed by atoms with Crippen LogP contribution < -0.4 is 10.2 Å². The van der Waals surface area contributed by atoms with Gasteiger partial charge in [0.2, 0.25) is 0 Å². The van der Waals surface area contributed by atoms with E-state index < -0.39 is 5.97 Å². The van der Waals surface area contributed by atoms with E-state index in [2.05, 4.69) is 30.4 Å². The van der Waals surface area contributed by atoms with Crippen molar-refractivity contribution in [3.63, 3.8) is 0 Å². The SMILES string of the molecule is CCOC(=O)c1cccc(C(=O)Nc2ccc(C(=O)N3CCCC(N(C)C)c4ccccc43)cc2)c1. The van der Waals surface area contributed by atoms with Gasteiger partial charge in [-0.2, -0.15) is 0 Å². The number of nitrogens with one attached hydrogen (secondary N) is 1. The molecule has 7 heteroatoms. The summed E-state index contributed by atoms with van der Waals surface area (Å²) in [6.07, 6.45) is 1.89. The zero-order valence-electron chi connectivity index (χ0n) is 20.9.